The van der Waals surface area contributed by atoms with E-state index < -0.39 is 0 Å². The Bertz CT molecular complexity index is 407. The number of nitrogens with one attached hydrogen (secondary N) is 1. The lowest BCUT2D eigenvalue weighted by atomic mass is 9.93. The highest BCUT2D eigenvalue weighted by atomic mass is 16.5. The van der Waals surface area contributed by atoms with Gasteiger partial charge < -0.3 is 15.6 Å². The Morgan fingerprint density at radius 1 is 1.59 bits per heavy atom. The van der Waals surface area contributed by atoms with Gasteiger partial charge in [-0.05, 0) is 32.6 Å². The van der Waals surface area contributed by atoms with Crippen molar-refractivity contribution in [2.24, 2.45) is 10.7 Å². The van der Waals surface area contributed by atoms with Crippen LogP contribution in [0.4, 0.5) is 0 Å². The molecule has 17 heavy (non-hydrogen) atoms. The molecule has 3 N–H and O–H groups in total. The highest BCUT2D eigenvalue weighted by Gasteiger charge is 2.17. The molecule has 94 valence electrons. The van der Waals surface area contributed by atoms with Gasteiger partial charge in [0.2, 0.25) is 0 Å². The third-order valence-corrected chi connectivity index (χ3v) is 3.27. The van der Waals surface area contributed by atoms with Crippen molar-refractivity contribution in [3.05, 3.63) is 17.0 Å². The second kappa shape index (κ2) is 5.21. The quantitative estimate of drug-likeness (QED) is 0.613. The molecule has 0 radical (unpaired) electrons. The summed E-state index contributed by atoms with van der Waals surface area (Å²) in [4.78, 5) is 4.34. The van der Waals surface area contributed by atoms with Gasteiger partial charge in [0.1, 0.15) is 5.76 Å². The molecule has 0 bridgehead atoms. The highest BCUT2D eigenvalue weighted by molar-refractivity contribution is 5.78. The normalized spacial score (nSPS) is 16.9. The molecule has 0 spiro atoms. The van der Waals surface area contributed by atoms with E-state index in [1.165, 1.54) is 19.3 Å². The molecular weight excluding hydrogens is 216 g/mol. The van der Waals surface area contributed by atoms with Gasteiger partial charge in [-0.15, -0.1) is 0 Å². The van der Waals surface area contributed by atoms with Crippen LogP contribution in [-0.4, -0.2) is 17.2 Å². The minimum atomic E-state index is 0.521. The van der Waals surface area contributed by atoms with Crippen LogP contribution in [0.2, 0.25) is 0 Å². The number of nitrogens with zero attached hydrogens (tertiary/aromatic N) is 2. The number of hydrogen-bond donors (Lipinski definition) is 2. The summed E-state index contributed by atoms with van der Waals surface area (Å²) in [6.45, 7) is 4.51. The maximum Gasteiger partial charge on any atom is 0.189 e. The molecule has 0 amide bonds. The van der Waals surface area contributed by atoms with E-state index in [4.69, 9.17) is 10.3 Å². The fraction of sp³-hybridized carbons (Fsp3) is 0.667. The van der Waals surface area contributed by atoms with Crippen molar-refractivity contribution in [3.8, 4) is 0 Å². The summed E-state index contributed by atoms with van der Waals surface area (Å²) in [7, 11) is 0. The molecular formula is C12H20N4O. The van der Waals surface area contributed by atoms with Crippen molar-refractivity contribution in [1.82, 2.24) is 10.5 Å². The second-order valence-corrected chi connectivity index (χ2v) is 4.49. The summed E-state index contributed by atoms with van der Waals surface area (Å²) in [5, 5.41) is 7.21. The summed E-state index contributed by atoms with van der Waals surface area (Å²) in [5.41, 5.74) is 7.87. The van der Waals surface area contributed by atoms with Gasteiger partial charge in [0.15, 0.2) is 5.96 Å². The fourth-order valence-electron chi connectivity index (χ4n) is 1.89. The van der Waals surface area contributed by atoms with Crippen molar-refractivity contribution in [3.63, 3.8) is 0 Å². The summed E-state index contributed by atoms with van der Waals surface area (Å²) in [6.07, 6.45) is 4.54. The number of guanidine groups is 1. The Balaban J connectivity index is 1.94. The van der Waals surface area contributed by atoms with E-state index in [-0.39, 0.29) is 0 Å². The van der Waals surface area contributed by atoms with Crippen LogP contribution in [0.25, 0.3) is 0 Å². The molecule has 0 aliphatic heterocycles. The van der Waals surface area contributed by atoms with E-state index in [1.807, 2.05) is 6.92 Å². The number of rotatable bonds is 4. The molecule has 5 nitrogen and oxygen atoms in total. The molecule has 1 aromatic rings. The van der Waals surface area contributed by atoms with E-state index in [9.17, 15) is 0 Å². The molecule has 1 saturated carbocycles. The van der Waals surface area contributed by atoms with Crippen molar-refractivity contribution in [2.45, 2.75) is 52.1 Å². The van der Waals surface area contributed by atoms with Gasteiger partial charge in [-0.3, -0.25) is 0 Å². The van der Waals surface area contributed by atoms with Crippen LogP contribution < -0.4 is 11.1 Å². The highest BCUT2D eigenvalue weighted by Crippen LogP contribution is 2.18. The number of aliphatic imine (C=N–C) groups is 1. The predicted octanol–water partition coefficient (Wildman–Crippen LogP) is 1.50. The van der Waals surface area contributed by atoms with Crippen molar-refractivity contribution in [1.29, 1.82) is 0 Å². The zero-order valence-electron chi connectivity index (χ0n) is 10.5. The average molecular weight is 236 g/mol. The van der Waals surface area contributed by atoms with Crippen LogP contribution in [0.5, 0.6) is 0 Å². The summed E-state index contributed by atoms with van der Waals surface area (Å²) >= 11 is 0. The van der Waals surface area contributed by atoms with E-state index in [0.717, 1.165) is 23.4 Å². The molecule has 0 unspecified atom stereocenters. The molecule has 1 heterocycles. The molecule has 0 aromatic carbocycles. The predicted molar refractivity (Wildman–Crippen MR) is 66.7 cm³/mol. The monoisotopic (exact) mass is 236 g/mol. The number of hydrogen-bond acceptors (Lipinski definition) is 3. The van der Waals surface area contributed by atoms with Gasteiger partial charge in [0.25, 0.3) is 0 Å². The van der Waals surface area contributed by atoms with Gasteiger partial charge in [0.05, 0.1) is 12.2 Å². The standard InChI is InChI=1S/C12H20N4O/c1-3-11-10(8(2)17-16-11)7-14-12(13)15-9-5-4-6-9/h9H,3-7H2,1-2H3,(H3,13,14,15). The second-order valence-electron chi connectivity index (χ2n) is 4.49. The molecule has 1 aliphatic rings. The minimum Gasteiger partial charge on any atom is -0.370 e. The summed E-state index contributed by atoms with van der Waals surface area (Å²) in [5.74, 6) is 1.36. The Kier molecular flexibility index (Phi) is 3.66. The lowest BCUT2D eigenvalue weighted by Gasteiger charge is -2.26. The zero-order valence-corrected chi connectivity index (χ0v) is 10.5. The Hall–Kier alpha value is -1.52. The topological polar surface area (TPSA) is 76.4 Å². The van der Waals surface area contributed by atoms with Gasteiger partial charge >= 0.3 is 0 Å². The Morgan fingerprint density at radius 2 is 2.35 bits per heavy atom. The van der Waals surface area contributed by atoms with Gasteiger partial charge in [-0.25, -0.2) is 4.99 Å². The first-order valence-corrected chi connectivity index (χ1v) is 6.21. The van der Waals surface area contributed by atoms with Gasteiger partial charge in [-0.2, -0.15) is 0 Å². The van der Waals surface area contributed by atoms with Crippen LogP contribution >= 0.6 is 0 Å². The number of aromatic nitrogens is 1. The molecule has 2 rings (SSSR count). The third kappa shape index (κ3) is 2.78. The maximum atomic E-state index is 5.83. The van der Waals surface area contributed by atoms with Crippen molar-refractivity contribution in [2.75, 3.05) is 0 Å². The number of nitrogens with two attached hydrogens (primary N) is 1. The van der Waals surface area contributed by atoms with E-state index in [2.05, 4.69) is 22.4 Å². The van der Waals surface area contributed by atoms with Gasteiger partial charge in [-0.1, -0.05) is 12.1 Å². The number of aryl methyl sites for hydroxylation is 2. The first-order valence-electron chi connectivity index (χ1n) is 6.21. The first-order chi connectivity index (χ1) is 8.20. The molecule has 1 aliphatic carbocycles. The lowest BCUT2D eigenvalue weighted by Crippen LogP contribution is -2.43. The fourth-order valence-corrected chi connectivity index (χ4v) is 1.89. The largest absolute Gasteiger partial charge is 0.370 e. The van der Waals surface area contributed by atoms with Crippen molar-refractivity contribution >= 4 is 5.96 Å². The van der Waals surface area contributed by atoms with Crippen LogP contribution in [0.1, 0.15) is 43.2 Å². The average Bonchev–Trinajstić information content (AvgIpc) is 2.62. The van der Waals surface area contributed by atoms with Crippen LogP contribution in [0.3, 0.4) is 0 Å². The SMILES string of the molecule is CCc1noc(C)c1CN=C(N)NC1CCC1. The smallest absolute Gasteiger partial charge is 0.189 e. The summed E-state index contributed by atoms with van der Waals surface area (Å²) < 4.78 is 5.15. The minimum absolute atomic E-state index is 0.521. The van der Waals surface area contributed by atoms with Crippen LogP contribution in [0, 0.1) is 6.92 Å². The van der Waals surface area contributed by atoms with Gasteiger partial charge in [0, 0.05) is 11.6 Å². The zero-order chi connectivity index (χ0) is 12.3. The van der Waals surface area contributed by atoms with Crippen LogP contribution in [-0.2, 0) is 13.0 Å². The van der Waals surface area contributed by atoms with Crippen LogP contribution in [0.15, 0.2) is 9.52 Å². The van der Waals surface area contributed by atoms with E-state index in [0.29, 0.717) is 18.5 Å². The van der Waals surface area contributed by atoms with E-state index >= 15 is 0 Å². The molecule has 0 saturated heterocycles. The lowest BCUT2D eigenvalue weighted by molar-refractivity contribution is 0.382. The Labute approximate surface area is 101 Å². The maximum absolute atomic E-state index is 5.83. The molecule has 1 aromatic heterocycles. The molecule has 0 atom stereocenters. The van der Waals surface area contributed by atoms with Crippen molar-refractivity contribution < 1.29 is 4.52 Å². The molecule has 1 fully saturated rings. The first kappa shape index (κ1) is 12.0. The van der Waals surface area contributed by atoms with E-state index in [1.54, 1.807) is 0 Å². The molecule has 5 heteroatoms. The Morgan fingerprint density at radius 3 is 2.94 bits per heavy atom. The summed E-state index contributed by atoms with van der Waals surface area (Å²) in [6, 6.07) is 0.521. The third-order valence-electron chi connectivity index (χ3n) is 3.27.